The predicted molar refractivity (Wildman–Crippen MR) is 44.7 cm³/mol. The van der Waals surface area contributed by atoms with Crippen LogP contribution in [0, 0.1) is 3.57 Å². The van der Waals surface area contributed by atoms with Crippen molar-refractivity contribution in [2.45, 2.75) is 6.43 Å². The summed E-state index contributed by atoms with van der Waals surface area (Å²) in [4.78, 5) is 6.92. The van der Waals surface area contributed by atoms with Crippen LogP contribution in [0.2, 0.25) is 5.15 Å². The first-order chi connectivity index (χ1) is 5.13. The SMILES string of the molecule is FC(F)c1ncnc(Cl)c1I. The fourth-order valence-corrected chi connectivity index (χ4v) is 1.17. The van der Waals surface area contributed by atoms with Gasteiger partial charge < -0.3 is 0 Å². The van der Waals surface area contributed by atoms with Crippen LogP contribution in [0.4, 0.5) is 8.78 Å². The lowest BCUT2D eigenvalue weighted by Gasteiger charge is -2.00. The summed E-state index contributed by atoms with van der Waals surface area (Å²) in [5, 5.41) is 0.0656. The molecule has 0 saturated carbocycles. The second-order valence-electron chi connectivity index (χ2n) is 1.66. The lowest BCUT2D eigenvalue weighted by atomic mass is 10.4. The van der Waals surface area contributed by atoms with E-state index in [2.05, 4.69) is 9.97 Å². The molecular formula is C5H2ClF2IN2. The van der Waals surface area contributed by atoms with Crippen LogP contribution in [0.5, 0.6) is 0 Å². The third-order valence-electron chi connectivity index (χ3n) is 0.981. The smallest absolute Gasteiger partial charge is 0.234 e. The molecule has 1 heterocycles. The Hall–Kier alpha value is -0.0400. The molecule has 0 amide bonds. The summed E-state index contributed by atoms with van der Waals surface area (Å²) >= 11 is 7.15. The molecule has 0 aliphatic heterocycles. The van der Waals surface area contributed by atoms with Crippen LogP contribution in [0.1, 0.15) is 12.1 Å². The number of hydrogen-bond acceptors (Lipinski definition) is 2. The molecule has 0 atom stereocenters. The Labute approximate surface area is 80.1 Å². The Morgan fingerprint density at radius 1 is 1.45 bits per heavy atom. The average Bonchev–Trinajstić information content (AvgIpc) is 1.94. The van der Waals surface area contributed by atoms with E-state index in [4.69, 9.17) is 11.6 Å². The number of rotatable bonds is 1. The Bertz CT molecular complexity index is 269. The van der Waals surface area contributed by atoms with Crippen LogP contribution < -0.4 is 0 Å². The van der Waals surface area contributed by atoms with Gasteiger partial charge in [0.1, 0.15) is 17.2 Å². The van der Waals surface area contributed by atoms with Crippen LogP contribution in [-0.2, 0) is 0 Å². The molecular weight excluding hydrogens is 288 g/mol. The van der Waals surface area contributed by atoms with Gasteiger partial charge in [-0.2, -0.15) is 0 Å². The van der Waals surface area contributed by atoms with Gasteiger partial charge in [-0.05, 0) is 22.6 Å². The standard InChI is InChI=1S/C5H2ClF2IN2/c6-4-2(9)3(5(7)8)10-1-11-4/h1,5H. The summed E-state index contributed by atoms with van der Waals surface area (Å²) in [5.41, 5.74) is -0.314. The van der Waals surface area contributed by atoms with Crippen molar-refractivity contribution in [3.63, 3.8) is 0 Å². The largest absolute Gasteiger partial charge is 0.281 e. The Morgan fingerprint density at radius 2 is 2.09 bits per heavy atom. The first-order valence-corrected chi connectivity index (χ1v) is 4.02. The topological polar surface area (TPSA) is 25.8 Å². The zero-order valence-electron chi connectivity index (χ0n) is 5.06. The van der Waals surface area contributed by atoms with E-state index in [-0.39, 0.29) is 14.4 Å². The molecule has 6 heteroatoms. The Balaban J connectivity index is 3.17. The van der Waals surface area contributed by atoms with Gasteiger partial charge in [0, 0.05) is 0 Å². The fraction of sp³-hybridized carbons (Fsp3) is 0.200. The summed E-state index contributed by atoms with van der Waals surface area (Å²) in [5.74, 6) is 0. The van der Waals surface area contributed by atoms with E-state index in [1.165, 1.54) is 0 Å². The molecule has 0 unspecified atom stereocenters. The molecule has 1 aromatic rings. The van der Waals surface area contributed by atoms with Crippen molar-refractivity contribution in [3.05, 3.63) is 20.7 Å². The predicted octanol–water partition coefficient (Wildman–Crippen LogP) is 2.67. The van der Waals surface area contributed by atoms with E-state index in [9.17, 15) is 8.78 Å². The highest BCUT2D eigenvalue weighted by Crippen LogP contribution is 2.25. The second-order valence-corrected chi connectivity index (χ2v) is 3.10. The van der Waals surface area contributed by atoms with Gasteiger partial charge >= 0.3 is 0 Å². The third kappa shape index (κ3) is 1.96. The van der Waals surface area contributed by atoms with Gasteiger partial charge in [0.05, 0.1) is 3.57 Å². The molecule has 0 aliphatic carbocycles. The number of aromatic nitrogens is 2. The van der Waals surface area contributed by atoms with Gasteiger partial charge in [0.2, 0.25) is 0 Å². The maximum atomic E-state index is 12.1. The minimum atomic E-state index is -2.60. The van der Waals surface area contributed by atoms with E-state index >= 15 is 0 Å². The van der Waals surface area contributed by atoms with Crippen molar-refractivity contribution < 1.29 is 8.78 Å². The summed E-state index contributed by atoms with van der Waals surface area (Å²) in [6.07, 6.45) is -1.58. The highest BCUT2D eigenvalue weighted by Gasteiger charge is 2.15. The minimum Gasteiger partial charge on any atom is -0.234 e. The molecule has 0 saturated heterocycles. The van der Waals surface area contributed by atoms with Gasteiger partial charge in [0.15, 0.2) is 0 Å². The first kappa shape index (κ1) is 9.05. The Kier molecular flexibility index (Phi) is 2.94. The zero-order valence-corrected chi connectivity index (χ0v) is 7.97. The summed E-state index contributed by atoms with van der Waals surface area (Å²) in [6.45, 7) is 0. The normalized spacial score (nSPS) is 10.6. The molecule has 0 N–H and O–H groups in total. The number of alkyl halides is 2. The van der Waals surface area contributed by atoms with Crippen LogP contribution in [0.3, 0.4) is 0 Å². The van der Waals surface area contributed by atoms with Gasteiger partial charge in [-0.15, -0.1) is 0 Å². The zero-order chi connectivity index (χ0) is 8.43. The lowest BCUT2D eigenvalue weighted by molar-refractivity contribution is 0.145. The molecule has 0 spiro atoms. The van der Waals surface area contributed by atoms with Gasteiger partial charge in [-0.3, -0.25) is 0 Å². The number of halogens is 4. The summed E-state index contributed by atoms with van der Waals surface area (Å²) in [6, 6.07) is 0. The molecule has 0 radical (unpaired) electrons. The molecule has 60 valence electrons. The van der Waals surface area contributed by atoms with E-state index in [0.29, 0.717) is 0 Å². The monoisotopic (exact) mass is 290 g/mol. The van der Waals surface area contributed by atoms with Gasteiger partial charge in [-0.1, -0.05) is 11.6 Å². The molecule has 0 aliphatic rings. The van der Waals surface area contributed by atoms with E-state index in [0.717, 1.165) is 6.33 Å². The minimum absolute atomic E-state index is 0.0656. The van der Waals surface area contributed by atoms with Crippen molar-refractivity contribution in [2.75, 3.05) is 0 Å². The molecule has 11 heavy (non-hydrogen) atoms. The van der Waals surface area contributed by atoms with E-state index in [1.54, 1.807) is 22.6 Å². The number of nitrogens with zero attached hydrogens (tertiary/aromatic N) is 2. The third-order valence-corrected chi connectivity index (χ3v) is 2.65. The average molecular weight is 290 g/mol. The molecule has 2 nitrogen and oxygen atoms in total. The van der Waals surface area contributed by atoms with E-state index in [1.807, 2.05) is 0 Å². The lowest BCUT2D eigenvalue weighted by Crippen LogP contribution is -1.96. The maximum absolute atomic E-state index is 12.1. The first-order valence-electron chi connectivity index (χ1n) is 2.57. The van der Waals surface area contributed by atoms with Crippen molar-refractivity contribution in [1.82, 2.24) is 9.97 Å². The highest BCUT2D eigenvalue weighted by atomic mass is 127. The molecule has 1 rings (SSSR count). The van der Waals surface area contributed by atoms with Crippen molar-refractivity contribution in [2.24, 2.45) is 0 Å². The van der Waals surface area contributed by atoms with Crippen molar-refractivity contribution >= 4 is 34.2 Å². The molecule has 0 fully saturated rings. The number of hydrogen-bond donors (Lipinski definition) is 0. The second kappa shape index (κ2) is 3.57. The summed E-state index contributed by atoms with van der Waals surface area (Å²) in [7, 11) is 0. The molecule has 0 aromatic carbocycles. The molecule has 1 aromatic heterocycles. The highest BCUT2D eigenvalue weighted by molar-refractivity contribution is 14.1. The van der Waals surface area contributed by atoms with Crippen molar-refractivity contribution in [3.8, 4) is 0 Å². The summed E-state index contributed by atoms with van der Waals surface area (Å²) < 4.78 is 24.3. The van der Waals surface area contributed by atoms with Gasteiger partial charge in [-0.25, -0.2) is 18.7 Å². The van der Waals surface area contributed by atoms with Gasteiger partial charge in [0.25, 0.3) is 6.43 Å². The van der Waals surface area contributed by atoms with Crippen LogP contribution in [0.15, 0.2) is 6.33 Å². The maximum Gasteiger partial charge on any atom is 0.281 e. The Morgan fingerprint density at radius 3 is 2.55 bits per heavy atom. The van der Waals surface area contributed by atoms with Crippen LogP contribution in [-0.4, -0.2) is 9.97 Å². The van der Waals surface area contributed by atoms with E-state index < -0.39 is 6.43 Å². The fourth-order valence-electron chi connectivity index (χ4n) is 0.513. The van der Waals surface area contributed by atoms with Crippen molar-refractivity contribution in [1.29, 1.82) is 0 Å². The quantitative estimate of drug-likeness (QED) is 0.587. The molecule has 0 bridgehead atoms. The van der Waals surface area contributed by atoms with Crippen LogP contribution >= 0.6 is 34.2 Å². The van der Waals surface area contributed by atoms with Crippen LogP contribution in [0.25, 0.3) is 0 Å².